The van der Waals surface area contributed by atoms with Crippen molar-refractivity contribution >= 4 is 33.0 Å². The molecule has 0 bridgehead atoms. The smallest absolute Gasteiger partial charge is 0.185 e. The molecule has 21 heavy (non-hydrogen) atoms. The van der Waals surface area contributed by atoms with Crippen molar-refractivity contribution in [3.8, 4) is 5.75 Å². The first kappa shape index (κ1) is 14.6. The van der Waals surface area contributed by atoms with Gasteiger partial charge in [-0.2, -0.15) is 0 Å². The Morgan fingerprint density at radius 1 is 1.38 bits per heavy atom. The number of ketones is 1. The summed E-state index contributed by atoms with van der Waals surface area (Å²) in [6, 6.07) is 3.33. The SMILES string of the molecule is CCCOc1ccc(Cl)c2c1[SH+]([O-])=C1C=CC=CC1C2=O. The average Bonchev–Trinajstić information content (AvgIpc) is 2.51. The van der Waals surface area contributed by atoms with Crippen molar-refractivity contribution in [3.63, 3.8) is 0 Å². The van der Waals surface area contributed by atoms with Crippen LogP contribution in [0.4, 0.5) is 0 Å². The molecule has 5 heteroatoms. The van der Waals surface area contributed by atoms with Gasteiger partial charge in [-0.25, -0.2) is 0 Å². The topological polar surface area (TPSA) is 49.4 Å². The van der Waals surface area contributed by atoms with Gasteiger partial charge in [-0.3, -0.25) is 4.79 Å². The summed E-state index contributed by atoms with van der Waals surface area (Å²) in [7, 11) is -1.85. The van der Waals surface area contributed by atoms with Crippen molar-refractivity contribution in [2.75, 3.05) is 6.61 Å². The highest BCUT2D eigenvalue weighted by molar-refractivity contribution is 7.92. The zero-order valence-electron chi connectivity index (χ0n) is 11.5. The van der Waals surface area contributed by atoms with Crippen molar-refractivity contribution in [2.45, 2.75) is 18.2 Å². The van der Waals surface area contributed by atoms with Crippen LogP contribution in [0, 0.1) is 5.92 Å². The molecule has 0 radical (unpaired) electrons. The molecule has 0 spiro atoms. The van der Waals surface area contributed by atoms with E-state index in [9.17, 15) is 9.35 Å². The summed E-state index contributed by atoms with van der Waals surface area (Å²) in [4.78, 5) is 13.7. The van der Waals surface area contributed by atoms with E-state index in [2.05, 4.69) is 0 Å². The highest BCUT2D eigenvalue weighted by Crippen LogP contribution is 2.38. The lowest BCUT2D eigenvalue weighted by Crippen LogP contribution is -2.32. The highest BCUT2D eigenvalue weighted by atomic mass is 35.5. The highest BCUT2D eigenvalue weighted by Gasteiger charge is 2.37. The monoisotopic (exact) mass is 322 g/mol. The summed E-state index contributed by atoms with van der Waals surface area (Å²) in [6.45, 7) is 2.51. The number of carbonyl (C=O) groups is 1. The van der Waals surface area contributed by atoms with Crippen LogP contribution in [-0.2, 0) is 10.8 Å². The third-order valence-electron chi connectivity index (χ3n) is 3.52. The van der Waals surface area contributed by atoms with Crippen LogP contribution in [0.3, 0.4) is 0 Å². The summed E-state index contributed by atoms with van der Waals surface area (Å²) in [5.41, 5.74) is 0.347. The molecule has 0 saturated carbocycles. The van der Waals surface area contributed by atoms with Crippen molar-refractivity contribution in [2.24, 2.45) is 5.92 Å². The summed E-state index contributed by atoms with van der Waals surface area (Å²) < 4.78 is 18.5. The van der Waals surface area contributed by atoms with E-state index < -0.39 is 16.7 Å². The first-order valence-electron chi connectivity index (χ1n) is 6.83. The summed E-state index contributed by atoms with van der Waals surface area (Å²) >= 11 is 6.18. The third kappa shape index (κ3) is 2.37. The molecule has 1 aliphatic heterocycles. The van der Waals surface area contributed by atoms with Crippen LogP contribution in [0.1, 0.15) is 23.7 Å². The maximum absolute atomic E-state index is 12.9. The van der Waals surface area contributed by atoms with Crippen molar-refractivity contribution in [1.82, 2.24) is 0 Å². The molecule has 1 aromatic rings. The van der Waals surface area contributed by atoms with E-state index in [4.69, 9.17) is 16.3 Å². The second-order valence-electron chi connectivity index (χ2n) is 4.92. The number of halogens is 1. The van der Waals surface area contributed by atoms with Gasteiger partial charge >= 0.3 is 0 Å². The van der Waals surface area contributed by atoms with Gasteiger partial charge in [-0.1, -0.05) is 36.8 Å². The van der Waals surface area contributed by atoms with Gasteiger partial charge in [-0.15, -0.1) is 10.8 Å². The van der Waals surface area contributed by atoms with Crippen LogP contribution in [0.2, 0.25) is 5.02 Å². The molecule has 1 aliphatic carbocycles. The van der Waals surface area contributed by atoms with Gasteiger partial charge in [0, 0.05) is 0 Å². The molecule has 1 aromatic carbocycles. The molecule has 0 aromatic heterocycles. The number of allylic oxidation sites excluding steroid dienone is 4. The van der Waals surface area contributed by atoms with E-state index in [1.807, 2.05) is 6.92 Å². The van der Waals surface area contributed by atoms with E-state index in [-0.39, 0.29) is 5.78 Å². The Labute approximate surface area is 131 Å². The van der Waals surface area contributed by atoms with E-state index in [0.717, 1.165) is 6.42 Å². The molecule has 0 amide bonds. The standard InChI is InChI=1S/C16H15ClO3S/c1-2-9-20-12-8-7-11(17)14-15(18)10-5-3-4-6-13(10)21(19)16(12)14/h3-8,10,21H,2,9H2,1H3. The largest absolute Gasteiger partial charge is 0.646 e. The molecule has 3 nitrogen and oxygen atoms in total. The van der Waals surface area contributed by atoms with Gasteiger partial charge in [0.1, 0.15) is 10.8 Å². The van der Waals surface area contributed by atoms with Gasteiger partial charge in [0.15, 0.2) is 16.4 Å². The summed E-state index contributed by atoms with van der Waals surface area (Å²) in [5.74, 6) is -0.0770. The normalized spacial score (nSPS) is 23.0. The maximum Gasteiger partial charge on any atom is 0.185 e. The fraction of sp³-hybridized carbons (Fsp3) is 0.250. The number of fused-ring (bicyclic) bond motifs is 2. The molecule has 1 heterocycles. The van der Waals surface area contributed by atoms with Crippen LogP contribution >= 0.6 is 11.6 Å². The van der Waals surface area contributed by atoms with Crippen LogP contribution in [-0.4, -0.2) is 21.8 Å². The van der Waals surface area contributed by atoms with Gasteiger partial charge in [-0.05, 0) is 24.6 Å². The first-order valence-corrected chi connectivity index (χ1v) is 8.47. The molecular weight excluding hydrogens is 308 g/mol. The Bertz CT molecular complexity index is 704. The number of rotatable bonds is 3. The van der Waals surface area contributed by atoms with Gasteiger partial charge in [0.05, 0.1) is 17.2 Å². The number of ether oxygens (including phenoxy) is 1. The number of hydrogen-bond acceptors (Lipinski definition) is 3. The molecule has 2 unspecified atom stereocenters. The van der Waals surface area contributed by atoms with Crippen LogP contribution in [0.25, 0.3) is 0 Å². The number of thiol groups is 1. The Balaban J connectivity index is 2.23. The Morgan fingerprint density at radius 3 is 2.95 bits per heavy atom. The molecule has 3 rings (SSSR count). The van der Waals surface area contributed by atoms with Crippen LogP contribution < -0.4 is 4.74 Å². The number of hydrogen-bond donors (Lipinski definition) is 0. The number of benzene rings is 1. The fourth-order valence-electron chi connectivity index (χ4n) is 2.54. The predicted molar refractivity (Wildman–Crippen MR) is 86.1 cm³/mol. The summed E-state index contributed by atoms with van der Waals surface area (Å²) in [5, 5.41) is 0.337. The van der Waals surface area contributed by atoms with Gasteiger partial charge in [0.2, 0.25) is 0 Å². The lowest BCUT2D eigenvalue weighted by Gasteiger charge is -2.27. The number of carbonyl (C=O) groups excluding carboxylic acids is 1. The molecule has 110 valence electrons. The Hall–Kier alpha value is -1.36. The minimum absolute atomic E-state index is 0.109. The molecule has 0 saturated heterocycles. The molecular formula is C16H15ClO3S. The van der Waals surface area contributed by atoms with E-state index >= 15 is 0 Å². The third-order valence-corrected chi connectivity index (χ3v) is 5.58. The molecule has 0 fully saturated rings. The second kappa shape index (κ2) is 5.79. The number of Topliss-reactive ketones (excluding diaryl/α,β-unsaturated/α-hetero) is 1. The van der Waals surface area contributed by atoms with Crippen molar-refractivity contribution in [3.05, 3.63) is 47.0 Å². The maximum atomic E-state index is 12.9. The van der Waals surface area contributed by atoms with Gasteiger partial charge < -0.3 is 9.29 Å². The Morgan fingerprint density at radius 2 is 2.19 bits per heavy atom. The Kier molecular flexibility index (Phi) is 4.02. The van der Waals surface area contributed by atoms with Crippen LogP contribution in [0.15, 0.2) is 41.3 Å². The molecule has 2 atom stereocenters. The minimum Gasteiger partial charge on any atom is -0.646 e. The fourth-order valence-corrected chi connectivity index (χ4v) is 4.57. The van der Waals surface area contributed by atoms with Crippen molar-refractivity contribution in [1.29, 1.82) is 0 Å². The zero-order valence-corrected chi connectivity index (χ0v) is 13.2. The van der Waals surface area contributed by atoms with Crippen LogP contribution in [0.5, 0.6) is 5.75 Å². The van der Waals surface area contributed by atoms with E-state index in [1.54, 1.807) is 36.4 Å². The lowest BCUT2D eigenvalue weighted by atomic mass is 9.91. The quantitative estimate of drug-likeness (QED) is 0.488. The minimum atomic E-state index is -1.85. The van der Waals surface area contributed by atoms with Crippen molar-refractivity contribution < 1.29 is 14.1 Å². The zero-order chi connectivity index (χ0) is 15.0. The van der Waals surface area contributed by atoms with Gasteiger partial charge in [0.25, 0.3) is 0 Å². The predicted octanol–water partition coefficient (Wildman–Crippen LogP) is 3.08. The first-order chi connectivity index (χ1) is 10.1. The summed E-state index contributed by atoms with van der Waals surface area (Å²) in [6.07, 6.45) is 7.96. The lowest BCUT2D eigenvalue weighted by molar-refractivity contribution is 0.0968. The molecule has 2 aliphatic rings. The average molecular weight is 323 g/mol. The van der Waals surface area contributed by atoms with E-state index in [0.29, 0.717) is 32.7 Å². The second-order valence-corrected chi connectivity index (χ2v) is 6.88. The van der Waals surface area contributed by atoms with E-state index in [1.165, 1.54) is 0 Å². The molecule has 0 N–H and O–H groups in total.